The molecule has 3 rings (SSSR count). The second-order valence-corrected chi connectivity index (χ2v) is 7.07. The predicted molar refractivity (Wildman–Crippen MR) is 116 cm³/mol. The van der Waals surface area contributed by atoms with Gasteiger partial charge in [0.1, 0.15) is 19.5 Å². The second kappa shape index (κ2) is 9.91. The number of amides is 1. The number of oxime groups is 2. The summed E-state index contributed by atoms with van der Waals surface area (Å²) in [6.45, 7) is 4.02. The molecular weight excluding hydrogens is 382 g/mol. The van der Waals surface area contributed by atoms with Gasteiger partial charge in [-0.15, -0.1) is 0 Å². The van der Waals surface area contributed by atoms with Gasteiger partial charge in [-0.05, 0) is 44.4 Å². The SMILES string of the molecule is CNC(=O)/C(=N/OC)c1cccc(C)c1CO/N=C(\C)c1ccccc1OC1CC1. The predicted octanol–water partition coefficient (Wildman–Crippen LogP) is 3.57. The van der Waals surface area contributed by atoms with Crippen molar-refractivity contribution in [3.05, 3.63) is 64.7 Å². The molecule has 1 N–H and O–H groups in total. The van der Waals surface area contributed by atoms with Gasteiger partial charge < -0.3 is 19.7 Å². The van der Waals surface area contributed by atoms with E-state index in [2.05, 4.69) is 15.6 Å². The monoisotopic (exact) mass is 409 g/mol. The van der Waals surface area contributed by atoms with Gasteiger partial charge >= 0.3 is 0 Å². The Morgan fingerprint density at radius 3 is 2.53 bits per heavy atom. The Labute approximate surface area is 176 Å². The Bertz CT molecular complexity index is 965. The largest absolute Gasteiger partial charge is 0.490 e. The molecule has 2 aromatic carbocycles. The number of nitrogens with one attached hydrogen (secondary N) is 1. The highest BCUT2D eigenvalue weighted by atomic mass is 16.6. The summed E-state index contributed by atoms with van der Waals surface area (Å²) in [7, 11) is 2.96. The first-order valence-corrected chi connectivity index (χ1v) is 9.89. The standard InChI is InChI=1S/C23H27N3O4/c1-15-8-7-10-19(22(26-28-4)23(27)24-3)20(15)14-29-25-16(2)18-9-5-6-11-21(18)30-17-12-13-17/h5-11,17H,12-14H2,1-4H3,(H,24,27)/b25-16+,26-22+. The number of rotatable bonds is 9. The lowest BCUT2D eigenvalue weighted by atomic mass is 9.98. The molecule has 0 spiro atoms. The number of ether oxygens (including phenoxy) is 1. The van der Waals surface area contributed by atoms with Gasteiger partial charge in [-0.3, -0.25) is 4.79 Å². The van der Waals surface area contributed by atoms with Crippen molar-refractivity contribution in [3.8, 4) is 5.75 Å². The molecule has 1 fully saturated rings. The van der Waals surface area contributed by atoms with Crippen molar-refractivity contribution in [2.75, 3.05) is 14.2 Å². The summed E-state index contributed by atoms with van der Waals surface area (Å²) in [5.41, 5.74) is 4.23. The van der Waals surface area contributed by atoms with E-state index in [0.29, 0.717) is 11.7 Å². The van der Waals surface area contributed by atoms with Gasteiger partial charge in [0.15, 0.2) is 5.71 Å². The van der Waals surface area contributed by atoms with Crippen LogP contribution in [-0.4, -0.2) is 37.6 Å². The van der Waals surface area contributed by atoms with Crippen molar-refractivity contribution in [1.29, 1.82) is 0 Å². The molecule has 0 saturated heterocycles. The number of likely N-dealkylation sites (N-methyl/N-ethyl adjacent to an activating group) is 1. The topological polar surface area (TPSA) is 81.5 Å². The first-order valence-electron chi connectivity index (χ1n) is 9.89. The lowest BCUT2D eigenvalue weighted by Crippen LogP contribution is -2.29. The molecule has 1 aliphatic rings. The van der Waals surface area contributed by atoms with E-state index in [1.165, 1.54) is 7.11 Å². The van der Waals surface area contributed by atoms with Crippen molar-refractivity contribution in [3.63, 3.8) is 0 Å². The number of carbonyl (C=O) groups is 1. The van der Waals surface area contributed by atoms with Crippen LogP contribution in [0.3, 0.4) is 0 Å². The van der Waals surface area contributed by atoms with Gasteiger partial charge in [0.05, 0.1) is 11.8 Å². The van der Waals surface area contributed by atoms with Gasteiger partial charge in [0.2, 0.25) is 0 Å². The van der Waals surface area contributed by atoms with E-state index < -0.39 is 0 Å². The maximum absolute atomic E-state index is 12.3. The Hall–Kier alpha value is -3.35. The highest BCUT2D eigenvalue weighted by Gasteiger charge is 2.25. The van der Waals surface area contributed by atoms with Gasteiger partial charge in [-0.2, -0.15) is 0 Å². The van der Waals surface area contributed by atoms with Crippen LogP contribution in [0.1, 0.15) is 42.0 Å². The van der Waals surface area contributed by atoms with Crippen LogP contribution in [0.25, 0.3) is 0 Å². The van der Waals surface area contributed by atoms with Crippen LogP contribution in [0.15, 0.2) is 52.8 Å². The molecule has 1 saturated carbocycles. The molecule has 0 unspecified atom stereocenters. The maximum atomic E-state index is 12.3. The van der Waals surface area contributed by atoms with Gasteiger partial charge in [0, 0.05) is 23.7 Å². The minimum Gasteiger partial charge on any atom is -0.490 e. The fraction of sp³-hybridized carbons (Fsp3) is 0.348. The zero-order valence-corrected chi connectivity index (χ0v) is 17.8. The third kappa shape index (κ3) is 5.17. The van der Waals surface area contributed by atoms with Gasteiger partial charge in [-0.1, -0.05) is 40.6 Å². The molecule has 158 valence electrons. The Kier molecular flexibility index (Phi) is 7.06. The molecule has 2 aromatic rings. The molecule has 30 heavy (non-hydrogen) atoms. The normalized spacial score (nSPS) is 14.3. The number of nitrogens with zero attached hydrogens (tertiary/aromatic N) is 2. The summed E-state index contributed by atoms with van der Waals surface area (Å²) >= 11 is 0. The summed E-state index contributed by atoms with van der Waals surface area (Å²) in [5, 5.41) is 10.8. The zero-order chi connectivity index (χ0) is 21.5. The number of benzene rings is 2. The first kappa shape index (κ1) is 21.4. The number of hydrogen-bond acceptors (Lipinski definition) is 6. The summed E-state index contributed by atoms with van der Waals surface area (Å²) < 4.78 is 5.97. The number of aryl methyl sites for hydroxylation is 1. The minimum atomic E-state index is -0.338. The van der Waals surface area contributed by atoms with Crippen LogP contribution in [0.4, 0.5) is 0 Å². The highest BCUT2D eigenvalue weighted by molar-refractivity contribution is 6.45. The average molecular weight is 409 g/mol. The fourth-order valence-corrected chi connectivity index (χ4v) is 3.01. The summed E-state index contributed by atoms with van der Waals surface area (Å²) in [6, 6.07) is 13.4. The maximum Gasteiger partial charge on any atom is 0.273 e. The van der Waals surface area contributed by atoms with Crippen molar-refractivity contribution >= 4 is 17.3 Å². The van der Waals surface area contributed by atoms with Crippen LogP contribution in [-0.2, 0) is 21.1 Å². The zero-order valence-electron chi connectivity index (χ0n) is 17.8. The van der Waals surface area contributed by atoms with Crippen LogP contribution in [0, 0.1) is 6.92 Å². The molecule has 0 heterocycles. The lowest BCUT2D eigenvalue weighted by molar-refractivity contribution is -0.114. The summed E-state index contributed by atoms with van der Waals surface area (Å²) in [6.07, 6.45) is 2.49. The molecule has 0 aromatic heterocycles. The van der Waals surface area contributed by atoms with Crippen LogP contribution in [0.5, 0.6) is 5.75 Å². The Morgan fingerprint density at radius 2 is 1.83 bits per heavy atom. The lowest BCUT2D eigenvalue weighted by Gasteiger charge is -2.13. The van der Waals surface area contributed by atoms with Crippen LogP contribution < -0.4 is 10.1 Å². The molecule has 0 atom stereocenters. The summed E-state index contributed by atoms with van der Waals surface area (Å²) in [5.74, 6) is 0.477. The van der Waals surface area contributed by atoms with Gasteiger partial charge in [-0.25, -0.2) is 0 Å². The molecule has 7 nitrogen and oxygen atoms in total. The van der Waals surface area contributed by atoms with E-state index in [1.807, 2.05) is 56.3 Å². The number of carbonyl (C=O) groups excluding carboxylic acids is 1. The minimum absolute atomic E-state index is 0.185. The van der Waals surface area contributed by atoms with E-state index in [1.54, 1.807) is 7.05 Å². The first-order chi connectivity index (χ1) is 14.5. The molecule has 1 amide bonds. The Morgan fingerprint density at radius 1 is 1.10 bits per heavy atom. The van der Waals surface area contributed by atoms with Crippen molar-refractivity contribution in [2.45, 2.75) is 39.4 Å². The van der Waals surface area contributed by atoms with E-state index in [9.17, 15) is 4.79 Å². The molecular formula is C23H27N3O4. The molecule has 0 aliphatic heterocycles. The van der Waals surface area contributed by atoms with E-state index >= 15 is 0 Å². The van der Waals surface area contributed by atoms with Crippen molar-refractivity contribution < 1.29 is 19.2 Å². The van der Waals surface area contributed by atoms with Gasteiger partial charge in [0.25, 0.3) is 5.91 Å². The molecule has 1 aliphatic carbocycles. The number of hydrogen-bond donors (Lipinski definition) is 1. The van der Waals surface area contributed by atoms with E-state index in [4.69, 9.17) is 14.4 Å². The summed E-state index contributed by atoms with van der Waals surface area (Å²) in [4.78, 5) is 22.8. The highest BCUT2D eigenvalue weighted by Crippen LogP contribution is 2.29. The molecule has 7 heteroatoms. The second-order valence-electron chi connectivity index (χ2n) is 7.07. The van der Waals surface area contributed by atoms with Crippen molar-refractivity contribution in [1.82, 2.24) is 5.32 Å². The average Bonchev–Trinajstić information content (AvgIpc) is 3.57. The van der Waals surface area contributed by atoms with Crippen LogP contribution >= 0.6 is 0 Å². The van der Waals surface area contributed by atoms with Crippen LogP contribution in [0.2, 0.25) is 0 Å². The Balaban J connectivity index is 1.81. The number of para-hydroxylation sites is 1. The van der Waals surface area contributed by atoms with Crippen molar-refractivity contribution in [2.24, 2.45) is 10.3 Å². The molecule has 0 bridgehead atoms. The third-order valence-corrected chi connectivity index (χ3v) is 4.80. The quantitative estimate of drug-likeness (QED) is 0.507. The third-order valence-electron chi connectivity index (χ3n) is 4.80. The van der Waals surface area contributed by atoms with E-state index in [0.717, 1.165) is 41.0 Å². The fourth-order valence-electron chi connectivity index (χ4n) is 3.01. The smallest absolute Gasteiger partial charge is 0.273 e. The molecule has 0 radical (unpaired) electrons. The van der Waals surface area contributed by atoms with E-state index in [-0.39, 0.29) is 18.2 Å².